The van der Waals surface area contributed by atoms with E-state index in [1.807, 2.05) is 48.5 Å². The summed E-state index contributed by atoms with van der Waals surface area (Å²) in [7, 11) is 0. The van der Waals surface area contributed by atoms with Crippen LogP contribution in [0.1, 0.15) is 50.7 Å². The van der Waals surface area contributed by atoms with E-state index in [9.17, 15) is 19.2 Å². The molecule has 0 saturated carbocycles. The maximum Gasteiger partial charge on any atom is 0.350 e. The molecule has 0 aliphatic carbocycles. The quantitative estimate of drug-likeness (QED) is 0.211. The van der Waals surface area contributed by atoms with Crippen molar-refractivity contribution in [3.8, 4) is 0 Å². The monoisotopic (exact) mass is 635 g/mol. The first kappa shape index (κ1) is 35.2. The van der Waals surface area contributed by atoms with Crippen molar-refractivity contribution in [2.45, 2.75) is 70.5 Å². The van der Waals surface area contributed by atoms with Gasteiger partial charge in [-0.3, -0.25) is 19.3 Å². The number of carbonyl (C=O) groups is 4. The first-order valence-electron chi connectivity index (χ1n) is 16.5. The number of benzene rings is 2. The van der Waals surface area contributed by atoms with Crippen LogP contribution < -0.4 is 16.0 Å². The summed E-state index contributed by atoms with van der Waals surface area (Å²) in [4.78, 5) is 58.0. The Bertz CT molecular complexity index is 1240. The number of nitrogens with zero attached hydrogens (tertiary/aromatic N) is 2. The van der Waals surface area contributed by atoms with Crippen molar-refractivity contribution in [1.29, 1.82) is 0 Å². The highest BCUT2D eigenvalue weighted by molar-refractivity contribution is 6.01. The number of carbonyl (C=O) groups excluding carboxylic acids is 4. The van der Waals surface area contributed by atoms with E-state index in [1.165, 1.54) is 5.56 Å². The Morgan fingerprint density at radius 1 is 0.848 bits per heavy atom. The SMILES string of the molecule is CC(C)C[C@@H](CN[C@@H](Cc1ccccc1)C(=O)ON1C(=O)CCC1=O)NC[C@H](CCc1ccccc1)NC(=O)CN1CCOCC1. The van der Waals surface area contributed by atoms with Gasteiger partial charge >= 0.3 is 5.97 Å². The van der Waals surface area contributed by atoms with Crippen LogP contribution in [0.2, 0.25) is 0 Å². The zero-order chi connectivity index (χ0) is 32.7. The second-order valence-electron chi connectivity index (χ2n) is 12.6. The van der Waals surface area contributed by atoms with Crippen molar-refractivity contribution < 1.29 is 28.8 Å². The highest BCUT2D eigenvalue weighted by atomic mass is 16.7. The molecule has 4 rings (SSSR count). The van der Waals surface area contributed by atoms with Gasteiger partial charge in [-0.25, -0.2) is 4.79 Å². The number of hydroxylamine groups is 2. The molecule has 0 spiro atoms. The number of aryl methyl sites for hydroxylation is 1. The van der Waals surface area contributed by atoms with E-state index in [0.29, 0.717) is 50.2 Å². The minimum absolute atomic E-state index is 0.00280. The number of nitrogens with one attached hydrogen (secondary N) is 3. The molecule has 11 nitrogen and oxygen atoms in total. The average Bonchev–Trinajstić information content (AvgIpc) is 3.37. The van der Waals surface area contributed by atoms with Crippen molar-refractivity contribution in [2.24, 2.45) is 5.92 Å². The third kappa shape index (κ3) is 11.9. The van der Waals surface area contributed by atoms with Gasteiger partial charge in [0.2, 0.25) is 5.91 Å². The first-order valence-corrected chi connectivity index (χ1v) is 16.5. The molecule has 2 aliphatic heterocycles. The van der Waals surface area contributed by atoms with Crippen molar-refractivity contribution >= 4 is 23.7 Å². The predicted molar refractivity (Wildman–Crippen MR) is 174 cm³/mol. The van der Waals surface area contributed by atoms with Crippen LogP contribution in [0.5, 0.6) is 0 Å². The Morgan fingerprint density at radius 3 is 2.09 bits per heavy atom. The summed E-state index contributed by atoms with van der Waals surface area (Å²) in [6, 6.07) is 18.9. The molecule has 3 N–H and O–H groups in total. The van der Waals surface area contributed by atoms with Crippen LogP contribution in [0.4, 0.5) is 0 Å². The lowest BCUT2D eigenvalue weighted by molar-refractivity contribution is -0.199. The molecule has 2 aromatic carbocycles. The zero-order valence-corrected chi connectivity index (χ0v) is 27.1. The molecule has 11 heteroatoms. The fourth-order valence-corrected chi connectivity index (χ4v) is 5.75. The molecule has 3 atom stereocenters. The normalized spacial score (nSPS) is 17.6. The van der Waals surface area contributed by atoms with Crippen LogP contribution in [0.15, 0.2) is 60.7 Å². The molecule has 3 amide bonds. The maximum absolute atomic E-state index is 13.3. The van der Waals surface area contributed by atoms with Crippen LogP contribution in [0.3, 0.4) is 0 Å². The molecule has 2 heterocycles. The Balaban J connectivity index is 1.40. The van der Waals surface area contributed by atoms with Crippen molar-refractivity contribution in [3.63, 3.8) is 0 Å². The maximum atomic E-state index is 13.3. The van der Waals surface area contributed by atoms with Gasteiger partial charge in [-0.15, -0.1) is 5.06 Å². The molecule has 0 bridgehead atoms. The molecule has 0 unspecified atom stereocenters. The van der Waals surface area contributed by atoms with Crippen LogP contribution >= 0.6 is 0 Å². The minimum atomic E-state index is -0.776. The van der Waals surface area contributed by atoms with Crippen LogP contribution in [-0.4, -0.2) is 97.7 Å². The molecular weight excluding hydrogens is 586 g/mol. The van der Waals surface area contributed by atoms with E-state index in [4.69, 9.17) is 9.57 Å². The Kier molecular flexibility index (Phi) is 14.2. The Labute approximate surface area is 272 Å². The first-order chi connectivity index (χ1) is 22.3. The molecule has 0 aromatic heterocycles. The molecule has 250 valence electrons. The number of ether oxygens (including phenoxy) is 1. The predicted octanol–water partition coefficient (Wildman–Crippen LogP) is 2.25. The number of hydrogen-bond acceptors (Lipinski definition) is 9. The van der Waals surface area contributed by atoms with Gasteiger partial charge in [0.15, 0.2) is 0 Å². The topological polar surface area (TPSA) is 129 Å². The van der Waals surface area contributed by atoms with Crippen LogP contribution in [0.25, 0.3) is 0 Å². The fourth-order valence-electron chi connectivity index (χ4n) is 5.75. The van der Waals surface area contributed by atoms with Gasteiger partial charge < -0.3 is 25.5 Å². The van der Waals surface area contributed by atoms with Gasteiger partial charge in [0.1, 0.15) is 6.04 Å². The molecule has 46 heavy (non-hydrogen) atoms. The minimum Gasteiger partial charge on any atom is -0.379 e. The van der Waals surface area contributed by atoms with Crippen LogP contribution in [-0.2, 0) is 41.6 Å². The lowest BCUT2D eigenvalue weighted by Gasteiger charge is -2.29. The largest absolute Gasteiger partial charge is 0.379 e. The highest BCUT2D eigenvalue weighted by Crippen LogP contribution is 2.15. The van der Waals surface area contributed by atoms with E-state index in [0.717, 1.165) is 37.9 Å². The zero-order valence-electron chi connectivity index (χ0n) is 27.1. The smallest absolute Gasteiger partial charge is 0.350 e. The molecule has 2 aromatic rings. The lowest BCUT2D eigenvalue weighted by atomic mass is 10.0. The van der Waals surface area contributed by atoms with E-state index in [1.54, 1.807) is 0 Å². The summed E-state index contributed by atoms with van der Waals surface area (Å²) < 4.78 is 5.43. The summed E-state index contributed by atoms with van der Waals surface area (Å²) in [5.74, 6) is -1.32. The third-order valence-electron chi connectivity index (χ3n) is 8.23. The number of morpholine rings is 1. The van der Waals surface area contributed by atoms with Crippen molar-refractivity contribution in [2.75, 3.05) is 45.9 Å². The molecule has 0 radical (unpaired) electrons. The lowest BCUT2D eigenvalue weighted by Crippen LogP contribution is -2.52. The van der Waals surface area contributed by atoms with Gasteiger partial charge in [0, 0.05) is 51.1 Å². The fraction of sp³-hybridized carbons (Fsp3) is 0.543. The molecular formula is C35H49N5O6. The summed E-state index contributed by atoms with van der Waals surface area (Å²) >= 11 is 0. The second-order valence-corrected chi connectivity index (χ2v) is 12.6. The number of hydrogen-bond donors (Lipinski definition) is 3. The van der Waals surface area contributed by atoms with E-state index in [2.05, 4.69) is 46.8 Å². The summed E-state index contributed by atoms with van der Waals surface area (Å²) in [6.07, 6.45) is 2.85. The highest BCUT2D eigenvalue weighted by Gasteiger charge is 2.35. The van der Waals surface area contributed by atoms with Gasteiger partial charge in [0.05, 0.1) is 19.8 Å². The molecule has 2 saturated heterocycles. The Morgan fingerprint density at radius 2 is 1.46 bits per heavy atom. The Hall–Kier alpha value is -3.64. The number of imide groups is 1. The average molecular weight is 636 g/mol. The van der Waals surface area contributed by atoms with E-state index >= 15 is 0 Å². The van der Waals surface area contributed by atoms with Gasteiger partial charge in [-0.05, 0) is 42.7 Å². The molecule has 2 aliphatic rings. The summed E-state index contributed by atoms with van der Waals surface area (Å²) in [5.41, 5.74) is 2.14. The van der Waals surface area contributed by atoms with Crippen LogP contribution in [0, 0.1) is 5.92 Å². The summed E-state index contributed by atoms with van der Waals surface area (Å²) in [5, 5.41) is 10.9. The second kappa shape index (κ2) is 18.5. The third-order valence-corrected chi connectivity index (χ3v) is 8.23. The molecule has 2 fully saturated rings. The van der Waals surface area contributed by atoms with Gasteiger partial charge in [0.25, 0.3) is 11.8 Å². The van der Waals surface area contributed by atoms with E-state index in [-0.39, 0.29) is 30.8 Å². The number of rotatable bonds is 18. The summed E-state index contributed by atoms with van der Waals surface area (Å²) in [6.45, 7) is 8.40. The van der Waals surface area contributed by atoms with Gasteiger partial charge in [-0.1, -0.05) is 74.5 Å². The standard InChI is InChI=1S/C35H49N5O6/c1-26(2)21-30(24-37-31(22-28-11-7-4-8-12-28)35(44)46-40-33(42)15-16-34(40)43)36-23-29(14-13-27-9-5-3-6-10-27)38-32(41)25-39-17-19-45-20-18-39/h3-12,26,29-31,36-37H,13-25H2,1-2H3,(H,38,41)/t29-,30-,31-/m0/s1. The van der Waals surface area contributed by atoms with Crippen molar-refractivity contribution in [1.82, 2.24) is 25.9 Å². The van der Waals surface area contributed by atoms with Gasteiger partial charge in [-0.2, -0.15) is 0 Å². The van der Waals surface area contributed by atoms with Crippen molar-refractivity contribution in [3.05, 3.63) is 71.8 Å². The van der Waals surface area contributed by atoms with E-state index < -0.39 is 23.8 Å². The number of amides is 3.